The van der Waals surface area contributed by atoms with Gasteiger partial charge in [0.15, 0.2) is 0 Å². The van der Waals surface area contributed by atoms with E-state index in [1.165, 1.54) is 0 Å². The minimum Gasteiger partial charge on any atom is -0.508 e. The van der Waals surface area contributed by atoms with Crippen molar-refractivity contribution < 1.29 is 18.1 Å². The number of allylic oxidation sites excluding steroid dienone is 2. The van der Waals surface area contributed by atoms with Crippen molar-refractivity contribution in [1.82, 2.24) is 0 Å². The van der Waals surface area contributed by atoms with Crippen molar-refractivity contribution in [2.24, 2.45) is 0 Å². The highest BCUT2D eigenvalue weighted by Crippen LogP contribution is 2.20. The van der Waals surface area contributed by atoms with Gasteiger partial charge >= 0.3 is 11.4 Å². The lowest BCUT2D eigenvalue weighted by Gasteiger charge is -2.05. The van der Waals surface area contributed by atoms with Crippen molar-refractivity contribution in [2.75, 3.05) is 0 Å². The van der Waals surface area contributed by atoms with Gasteiger partial charge in [0.25, 0.3) is 0 Å². The van der Waals surface area contributed by atoms with Gasteiger partial charge < -0.3 is 5.11 Å². The summed E-state index contributed by atoms with van der Waals surface area (Å²) < 4.78 is 23.4. The molecule has 0 radical (unpaired) electrons. The zero-order valence-corrected chi connectivity index (χ0v) is 10.4. The molecule has 0 spiro atoms. The first kappa shape index (κ1) is 13.9. The molecule has 0 saturated heterocycles. The molecule has 1 atom stereocenters. The van der Waals surface area contributed by atoms with Crippen LogP contribution >= 0.6 is 0 Å². The van der Waals surface area contributed by atoms with Crippen molar-refractivity contribution in [3.05, 3.63) is 41.5 Å². The standard InChI is InChI=1S/C12H16O4S/c1-2-3-4-5-11-8-10(6-7-12(11)13)9-16-17(14)15/h3-4,6-8,13H,2,5,9H2,1H3,(H,14,15)/b4-3+. The summed E-state index contributed by atoms with van der Waals surface area (Å²) in [5.41, 5.74) is 1.53. The van der Waals surface area contributed by atoms with E-state index in [9.17, 15) is 9.32 Å². The molecule has 0 aromatic heterocycles. The van der Waals surface area contributed by atoms with Gasteiger partial charge in [0.2, 0.25) is 0 Å². The number of phenols is 1. The Labute approximate surface area is 103 Å². The van der Waals surface area contributed by atoms with Gasteiger partial charge in [-0.05, 0) is 36.1 Å². The second kappa shape index (κ2) is 7.21. The van der Waals surface area contributed by atoms with Gasteiger partial charge in [0.1, 0.15) is 5.75 Å². The Morgan fingerprint density at radius 1 is 1.41 bits per heavy atom. The SMILES string of the molecule is CC/C=C/Cc1cc(COS(=O)O)ccc1O. The molecule has 0 aliphatic heterocycles. The first-order valence-corrected chi connectivity index (χ1v) is 6.36. The highest BCUT2D eigenvalue weighted by atomic mass is 32.2. The lowest BCUT2D eigenvalue weighted by Crippen LogP contribution is -1.96. The molecule has 0 saturated carbocycles. The van der Waals surface area contributed by atoms with E-state index in [1.807, 2.05) is 19.1 Å². The van der Waals surface area contributed by atoms with E-state index in [2.05, 4.69) is 4.18 Å². The maximum atomic E-state index is 10.4. The van der Waals surface area contributed by atoms with Gasteiger partial charge in [-0.1, -0.05) is 25.1 Å². The van der Waals surface area contributed by atoms with E-state index in [0.717, 1.165) is 17.5 Å². The van der Waals surface area contributed by atoms with E-state index in [0.29, 0.717) is 6.42 Å². The molecule has 4 nitrogen and oxygen atoms in total. The molecule has 94 valence electrons. The summed E-state index contributed by atoms with van der Waals surface area (Å²) in [6.07, 6.45) is 5.58. The summed E-state index contributed by atoms with van der Waals surface area (Å²) >= 11 is -2.26. The van der Waals surface area contributed by atoms with Crippen LogP contribution in [0.1, 0.15) is 24.5 Å². The third-order valence-corrected chi connectivity index (χ3v) is 2.53. The average Bonchev–Trinajstić information content (AvgIpc) is 2.30. The molecule has 17 heavy (non-hydrogen) atoms. The van der Waals surface area contributed by atoms with Gasteiger partial charge in [0.05, 0.1) is 6.61 Å². The predicted octanol–water partition coefficient (Wildman–Crippen LogP) is 2.55. The van der Waals surface area contributed by atoms with Crippen LogP contribution in [0.5, 0.6) is 5.75 Å². The maximum Gasteiger partial charge on any atom is 0.302 e. The Balaban J connectivity index is 2.71. The van der Waals surface area contributed by atoms with Crippen LogP contribution in [0, 0.1) is 0 Å². The molecule has 2 N–H and O–H groups in total. The fourth-order valence-electron chi connectivity index (χ4n) is 1.39. The zero-order chi connectivity index (χ0) is 12.7. The second-order valence-corrected chi connectivity index (χ2v) is 4.20. The molecule has 0 amide bonds. The number of hydrogen-bond acceptors (Lipinski definition) is 3. The topological polar surface area (TPSA) is 66.8 Å². The molecule has 5 heteroatoms. The third kappa shape index (κ3) is 5.12. The first-order valence-electron chi connectivity index (χ1n) is 5.33. The van der Waals surface area contributed by atoms with Crippen molar-refractivity contribution in [2.45, 2.75) is 26.4 Å². The fraction of sp³-hybridized carbons (Fsp3) is 0.333. The largest absolute Gasteiger partial charge is 0.508 e. The van der Waals surface area contributed by atoms with Gasteiger partial charge in [-0.2, -0.15) is 4.21 Å². The average molecular weight is 256 g/mol. The van der Waals surface area contributed by atoms with E-state index in [1.54, 1.807) is 18.2 Å². The Hall–Kier alpha value is -1.17. The molecule has 0 aliphatic carbocycles. The van der Waals surface area contributed by atoms with Crippen molar-refractivity contribution in [1.29, 1.82) is 0 Å². The van der Waals surface area contributed by atoms with E-state index in [4.69, 9.17) is 4.55 Å². The molecule has 1 aromatic rings. The second-order valence-electron chi connectivity index (χ2n) is 3.53. The maximum absolute atomic E-state index is 10.4. The van der Waals surface area contributed by atoms with E-state index >= 15 is 0 Å². The van der Waals surface area contributed by atoms with Crippen molar-refractivity contribution in [3.8, 4) is 5.75 Å². The Morgan fingerprint density at radius 2 is 2.18 bits per heavy atom. The molecule has 0 bridgehead atoms. The van der Waals surface area contributed by atoms with Gasteiger partial charge in [0, 0.05) is 0 Å². The van der Waals surface area contributed by atoms with Crippen LogP contribution in [0.15, 0.2) is 30.4 Å². The highest BCUT2D eigenvalue weighted by molar-refractivity contribution is 7.74. The smallest absolute Gasteiger partial charge is 0.302 e. The zero-order valence-electron chi connectivity index (χ0n) is 9.63. The summed E-state index contributed by atoms with van der Waals surface area (Å²) in [6.45, 7) is 2.09. The first-order chi connectivity index (χ1) is 8.13. The minimum absolute atomic E-state index is 0.0495. The van der Waals surface area contributed by atoms with Gasteiger partial charge in [-0.25, -0.2) is 0 Å². The van der Waals surface area contributed by atoms with Crippen LogP contribution in [0.2, 0.25) is 0 Å². The summed E-state index contributed by atoms with van der Waals surface area (Å²) in [7, 11) is 0. The lowest BCUT2D eigenvalue weighted by atomic mass is 10.1. The monoisotopic (exact) mass is 256 g/mol. The van der Waals surface area contributed by atoms with E-state index in [-0.39, 0.29) is 12.4 Å². The van der Waals surface area contributed by atoms with Crippen LogP contribution in [0.3, 0.4) is 0 Å². The van der Waals surface area contributed by atoms with Crippen molar-refractivity contribution >= 4 is 11.4 Å². The summed E-state index contributed by atoms with van der Waals surface area (Å²) in [5.74, 6) is 0.222. The molecular weight excluding hydrogens is 240 g/mol. The summed E-state index contributed by atoms with van der Waals surface area (Å²) in [4.78, 5) is 0. The summed E-state index contributed by atoms with van der Waals surface area (Å²) in [5, 5.41) is 9.63. The minimum atomic E-state index is -2.26. The van der Waals surface area contributed by atoms with Crippen molar-refractivity contribution in [3.63, 3.8) is 0 Å². The number of rotatable bonds is 6. The Kier molecular flexibility index (Phi) is 5.90. The molecule has 0 heterocycles. The van der Waals surface area contributed by atoms with Crippen LogP contribution in [-0.2, 0) is 28.6 Å². The molecular formula is C12H16O4S. The quantitative estimate of drug-likeness (QED) is 0.606. The lowest BCUT2D eigenvalue weighted by molar-refractivity contribution is 0.297. The predicted molar refractivity (Wildman–Crippen MR) is 66.8 cm³/mol. The van der Waals surface area contributed by atoms with E-state index < -0.39 is 11.4 Å². The highest BCUT2D eigenvalue weighted by Gasteiger charge is 2.03. The number of aromatic hydroxyl groups is 1. The molecule has 1 unspecified atom stereocenters. The number of hydrogen-bond donors (Lipinski definition) is 2. The summed E-state index contributed by atoms with van der Waals surface area (Å²) in [6, 6.07) is 4.99. The van der Waals surface area contributed by atoms with Gasteiger partial charge in [-0.15, -0.1) is 0 Å². The fourth-order valence-corrected chi connectivity index (χ4v) is 1.62. The molecule has 1 aromatic carbocycles. The molecule has 0 aliphatic rings. The third-order valence-electron chi connectivity index (χ3n) is 2.21. The van der Waals surface area contributed by atoms with Crippen LogP contribution in [0.4, 0.5) is 0 Å². The van der Waals surface area contributed by atoms with Gasteiger partial charge in [-0.3, -0.25) is 8.74 Å². The number of phenolic OH excluding ortho intramolecular Hbond substituents is 1. The van der Waals surface area contributed by atoms with Crippen LogP contribution in [-0.4, -0.2) is 13.9 Å². The Morgan fingerprint density at radius 3 is 2.82 bits per heavy atom. The normalized spacial score (nSPS) is 13.1. The van der Waals surface area contributed by atoms with Crippen LogP contribution in [0.25, 0.3) is 0 Å². The molecule has 0 fully saturated rings. The molecule has 1 rings (SSSR count). The number of benzene rings is 1. The van der Waals surface area contributed by atoms with Crippen LogP contribution < -0.4 is 0 Å². The Bertz CT molecular complexity index is 415.